The average molecular weight is 391 g/mol. The predicted octanol–water partition coefficient (Wildman–Crippen LogP) is 4.15. The Hall–Kier alpha value is -1.64. The number of rotatable bonds is 7. The van der Waals surface area contributed by atoms with E-state index in [-0.39, 0.29) is 5.91 Å². The second-order valence-electron chi connectivity index (χ2n) is 6.00. The van der Waals surface area contributed by atoms with Gasteiger partial charge in [-0.25, -0.2) is 0 Å². The molecule has 130 valence electrons. The Morgan fingerprint density at radius 2 is 2.08 bits per heavy atom. The predicted molar refractivity (Wildman–Crippen MR) is 103 cm³/mol. The summed E-state index contributed by atoms with van der Waals surface area (Å²) in [5.41, 5.74) is 0. The molecule has 1 aliphatic carbocycles. The molecule has 1 fully saturated rings. The van der Waals surface area contributed by atoms with Gasteiger partial charge in [-0.15, -0.1) is 32.9 Å². The largest absolute Gasteiger partial charge is 0.340 e. The summed E-state index contributed by atoms with van der Waals surface area (Å²) in [4.78, 5) is 16.5. The number of thiophene rings is 2. The summed E-state index contributed by atoms with van der Waals surface area (Å²) in [6, 6.07) is 8.65. The van der Waals surface area contributed by atoms with Crippen LogP contribution in [-0.4, -0.2) is 38.4 Å². The normalized spacial score (nSPS) is 14.0. The first kappa shape index (κ1) is 16.8. The fourth-order valence-electron chi connectivity index (χ4n) is 2.57. The van der Waals surface area contributed by atoms with E-state index in [0.29, 0.717) is 18.3 Å². The van der Waals surface area contributed by atoms with Crippen LogP contribution in [-0.2, 0) is 11.3 Å². The highest BCUT2D eigenvalue weighted by Crippen LogP contribution is 2.41. The van der Waals surface area contributed by atoms with Crippen LogP contribution in [0.1, 0.15) is 23.8 Å². The molecule has 3 aromatic rings. The maximum atomic E-state index is 12.4. The second-order valence-corrected chi connectivity index (χ2v) is 8.92. The van der Waals surface area contributed by atoms with Crippen molar-refractivity contribution < 1.29 is 4.79 Å². The van der Waals surface area contributed by atoms with Crippen molar-refractivity contribution in [2.24, 2.45) is 0 Å². The molecule has 0 unspecified atom stereocenters. The quantitative estimate of drug-likeness (QED) is 0.569. The van der Waals surface area contributed by atoms with Gasteiger partial charge >= 0.3 is 0 Å². The van der Waals surface area contributed by atoms with E-state index in [9.17, 15) is 4.79 Å². The van der Waals surface area contributed by atoms with E-state index in [2.05, 4.69) is 32.3 Å². The molecule has 5 nitrogen and oxygen atoms in total. The van der Waals surface area contributed by atoms with Crippen LogP contribution in [0, 0.1) is 0 Å². The van der Waals surface area contributed by atoms with Gasteiger partial charge in [-0.2, -0.15) is 0 Å². The van der Waals surface area contributed by atoms with Crippen molar-refractivity contribution in [1.29, 1.82) is 0 Å². The molecule has 4 rings (SSSR count). The van der Waals surface area contributed by atoms with Crippen LogP contribution in [0.4, 0.5) is 0 Å². The first-order valence-corrected chi connectivity index (χ1v) is 10.8. The van der Waals surface area contributed by atoms with Crippen LogP contribution < -0.4 is 0 Å². The molecule has 3 heterocycles. The van der Waals surface area contributed by atoms with Gasteiger partial charge in [0.25, 0.3) is 0 Å². The van der Waals surface area contributed by atoms with E-state index in [4.69, 9.17) is 0 Å². The number of carbonyl (C=O) groups is 1. The molecule has 1 amide bonds. The lowest BCUT2D eigenvalue weighted by atomic mass is 10.4. The van der Waals surface area contributed by atoms with E-state index >= 15 is 0 Å². The molecule has 3 aromatic heterocycles. The van der Waals surface area contributed by atoms with E-state index in [1.54, 1.807) is 27.6 Å². The lowest BCUT2D eigenvalue weighted by molar-refractivity contribution is -0.127. The van der Waals surface area contributed by atoms with Crippen LogP contribution >= 0.6 is 34.4 Å². The van der Waals surface area contributed by atoms with Gasteiger partial charge in [-0.3, -0.25) is 9.36 Å². The molecule has 0 spiro atoms. The molecule has 0 radical (unpaired) electrons. The van der Waals surface area contributed by atoms with E-state index in [1.165, 1.54) is 16.6 Å². The number of hydrogen-bond donors (Lipinski definition) is 0. The minimum absolute atomic E-state index is 0.112. The van der Waals surface area contributed by atoms with Gasteiger partial charge in [0.1, 0.15) is 0 Å². The van der Waals surface area contributed by atoms with Crippen LogP contribution in [0.5, 0.6) is 0 Å². The Morgan fingerprint density at radius 3 is 2.76 bits per heavy atom. The zero-order valence-electron chi connectivity index (χ0n) is 13.8. The fourth-order valence-corrected chi connectivity index (χ4v) is 4.98. The standard InChI is InChI=1S/C17H18N4OS3/c1-20(10-13-4-2-8-23-13)15(22)11-25-17-19-18-16(14-5-3-9-24-14)21(17)12-6-7-12/h2-5,8-9,12H,6-7,10-11H2,1H3. The first-order chi connectivity index (χ1) is 12.2. The molecular weight excluding hydrogens is 372 g/mol. The third-order valence-electron chi connectivity index (χ3n) is 4.04. The molecule has 0 aliphatic heterocycles. The summed E-state index contributed by atoms with van der Waals surface area (Å²) in [6.45, 7) is 0.660. The molecule has 0 atom stereocenters. The number of carbonyl (C=O) groups excluding carboxylic acids is 1. The summed E-state index contributed by atoms with van der Waals surface area (Å²) in [7, 11) is 1.85. The van der Waals surface area contributed by atoms with Gasteiger partial charge in [0.2, 0.25) is 5.91 Å². The van der Waals surface area contributed by atoms with Crippen LogP contribution in [0.2, 0.25) is 0 Å². The summed E-state index contributed by atoms with van der Waals surface area (Å²) in [6.07, 6.45) is 2.33. The van der Waals surface area contributed by atoms with Gasteiger partial charge in [0, 0.05) is 18.0 Å². The van der Waals surface area contributed by atoms with Gasteiger partial charge in [-0.1, -0.05) is 23.9 Å². The number of nitrogens with zero attached hydrogens (tertiary/aromatic N) is 4. The topological polar surface area (TPSA) is 51.0 Å². The Morgan fingerprint density at radius 1 is 1.28 bits per heavy atom. The third kappa shape index (κ3) is 3.80. The summed E-state index contributed by atoms with van der Waals surface area (Å²) in [5, 5.41) is 13.7. The van der Waals surface area contributed by atoms with Crippen molar-refractivity contribution in [1.82, 2.24) is 19.7 Å². The van der Waals surface area contributed by atoms with Gasteiger partial charge < -0.3 is 4.90 Å². The molecule has 25 heavy (non-hydrogen) atoms. The average Bonchev–Trinajstić information content (AvgIpc) is 3.04. The minimum Gasteiger partial charge on any atom is -0.340 e. The van der Waals surface area contributed by atoms with Crippen molar-refractivity contribution >= 4 is 40.3 Å². The molecule has 1 saturated carbocycles. The zero-order valence-corrected chi connectivity index (χ0v) is 16.2. The number of amides is 1. The van der Waals surface area contributed by atoms with Gasteiger partial charge in [-0.05, 0) is 35.7 Å². The molecular formula is C17H18N4OS3. The van der Waals surface area contributed by atoms with Gasteiger partial charge in [0.05, 0.1) is 17.2 Å². The van der Waals surface area contributed by atoms with Crippen LogP contribution in [0.25, 0.3) is 10.7 Å². The van der Waals surface area contributed by atoms with Gasteiger partial charge in [0.15, 0.2) is 11.0 Å². The Balaban J connectivity index is 1.43. The zero-order chi connectivity index (χ0) is 17.2. The summed E-state index contributed by atoms with van der Waals surface area (Å²) in [5.74, 6) is 1.43. The van der Waals surface area contributed by atoms with E-state index in [1.807, 2.05) is 24.6 Å². The molecule has 8 heteroatoms. The lowest BCUT2D eigenvalue weighted by Gasteiger charge is -2.16. The smallest absolute Gasteiger partial charge is 0.233 e. The highest BCUT2D eigenvalue weighted by atomic mass is 32.2. The molecule has 0 N–H and O–H groups in total. The SMILES string of the molecule is CN(Cc1cccs1)C(=O)CSc1nnc(-c2cccs2)n1C1CC1. The van der Waals surface area contributed by atoms with Crippen molar-refractivity contribution in [2.45, 2.75) is 30.6 Å². The van der Waals surface area contributed by atoms with Crippen molar-refractivity contribution in [3.05, 3.63) is 39.9 Å². The first-order valence-electron chi connectivity index (χ1n) is 8.10. The lowest BCUT2D eigenvalue weighted by Crippen LogP contribution is -2.27. The second kappa shape index (κ2) is 7.31. The number of thioether (sulfide) groups is 1. The number of aromatic nitrogens is 3. The maximum Gasteiger partial charge on any atom is 0.233 e. The fraction of sp³-hybridized carbons (Fsp3) is 0.353. The third-order valence-corrected chi connectivity index (χ3v) is 6.70. The monoisotopic (exact) mass is 390 g/mol. The van der Waals surface area contributed by atoms with E-state index in [0.717, 1.165) is 28.7 Å². The van der Waals surface area contributed by atoms with E-state index < -0.39 is 0 Å². The van der Waals surface area contributed by atoms with Crippen molar-refractivity contribution in [3.63, 3.8) is 0 Å². The molecule has 1 aliphatic rings. The number of hydrogen-bond acceptors (Lipinski definition) is 6. The summed E-state index contributed by atoms with van der Waals surface area (Å²) < 4.78 is 2.21. The maximum absolute atomic E-state index is 12.4. The van der Waals surface area contributed by atoms with Crippen LogP contribution in [0.15, 0.2) is 40.2 Å². The highest BCUT2D eigenvalue weighted by molar-refractivity contribution is 7.99. The van der Waals surface area contributed by atoms with Crippen LogP contribution in [0.3, 0.4) is 0 Å². The summed E-state index contributed by atoms with van der Waals surface area (Å²) >= 11 is 4.84. The molecule has 0 saturated heterocycles. The molecule has 0 aromatic carbocycles. The highest BCUT2D eigenvalue weighted by Gasteiger charge is 2.30. The Bertz CT molecular complexity index is 838. The van der Waals surface area contributed by atoms with Crippen molar-refractivity contribution in [3.8, 4) is 10.7 Å². The Labute approximate surface area is 158 Å². The Kier molecular flexibility index (Phi) is 4.91. The minimum atomic E-state index is 0.112. The van der Waals surface area contributed by atoms with Crippen molar-refractivity contribution in [2.75, 3.05) is 12.8 Å². The molecule has 0 bridgehead atoms.